The third kappa shape index (κ3) is 1.44. The van der Waals surface area contributed by atoms with Crippen LogP contribution in [0.4, 0.5) is 0 Å². The molecule has 1 aromatic rings. The number of phenolic OH excluding ortho intramolecular Hbond substituents is 2. The van der Waals surface area contributed by atoms with Gasteiger partial charge in [-0.2, -0.15) is 0 Å². The predicted molar refractivity (Wildman–Crippen MR) is 52.5 cm³/mol. The van der Waals surface area contributed by atoms with Crippen molar-refractivity contribution in [2.24, 2.45) is 0 Å². The fourth-order valence-corrected chi connectivity index (χ4v) is 2.28. The van der Waals surface area contributed by atoms with E-state index >= 15 is 0 Å². The van der Waals surface area contributed by atoms with Crippen LogP contribution in [-0.4, -0.2) is 21.4 Å². The average molecular weight is 194 g/mol. The van der Waals surface area contributed by atoms with Gasteiger partial charge in [0.05, 0.1) is 6.10 Å². The van der Waals surface area contributed by atoms with Crippen molar-refractivity contribution in [3.05, 3.63) is 23.3 Å². The van der Waals surface area contributed by atoms with Crippen LogP contribution in [0.2, 0.25) is 0 Å². The molecule has 2 rings (SSSR count). The van der Waals surface area contributed by atoms with Gasteiger partial charge in [0.1, 0.15) is 11.5 Å². The van der Waals surface area contributed by atoms with Gasteiger partial charge in [-0.1, -0.05) is 6.92 Å². The largest absolute Gasteiger partial charge is 0.508 e. The lowest BCUT2D eigenvalue weighted by atomic mass is 9.82. The summed E-state index contributed by atoms with van der Waals surface area (Å²) in [4.78, 5) is 0. The van der Waals surface area contributed by atoms with Crippen molar-refractivity contribution in [3.8, 4) is 11.5 Å². The minimum atomic E-state index is -0.362. The molecule has 0 aliphatic heterocycles. The molecule has 2 atom stereocenters. The molecule has 3 N–H and O–H groups in total. The summed E-state index contributed by atoms with van der Waals surface area (Å²) in [5.41, 5.74) is 1.72. The van der Waals surface area contributed by atoms with Gasteiger partial charge in [0.2, 0.25) is 0 Å². The number of rotatable bonds is 0. The Kier molecular flexibility index (Phi) is 2.11. The van der Waals surface area contributed by atoms with Gasteiger partial charge in [-0.05, 0) is 30.4 Å². The summed E-state index contributed by atoms with van der Waals surface area (Å²) in [6, 6.07) is 2.97. The number of aliphatic hydroxyl groups excluding tert-OH is 1. The molecular formula is C11H14O3. The molecule has 0 saturated carbocycles. The fourth-order valence-electron chi connectivity index (χ4n) is 2.28. The molecule has 0 fully saturated rings. The van der Waals surface area contributed by atoms with Crippen LogP contribution in [0.5, 0.6) is 11.5 Å². The second-order valence-corrected chi connectivity index (χ2v) is 4.03. The maximum absolute atomic E-state index is 9.65. The van der Waals surface area contributed by atoms with E-state index in [9.17, 15) is 15.3 Å². The molecule has 0 bridgehead atoms. The Morgan fingerprint density at radius 3 is 2.71 bits per heavy atom. The summed E-state index contributed by atoms with van der Waals surface area (Å²) in [5.74, 6) is 0.344. The SMILES string of the molecule is CC1C[C@@H](O)Cc2cc(O)cc(O)c21. The van der Waals surface area contributed by atoms with Gasteiger partial charge in [-0.25, -0.2) is 0 Å². The summed E-state index contributed by atoms with van der Waals surface area (Å²) >= 11 is 0. The van der Waals surface area contributed by atoms with Crippen LogP contribution in [0.25, 0.3) is 0 Å². The normalized spacial score (nSPS) is 25.9. The molecule has 0 saturated heterocycles. The van der Waals surface area contributed by atoms with Crippen LogP contribution in [0.15, 0.2) is 12.1 Å². The van der Waals surface area contributed by atoms with E-state index in [4.69, 9.17) is 0 Å². The lowest BCUT2D eigenvalue weighted by molar-refractivity contribution is 0.148. The first-order valence-electron chi connectivity index (χ1n) is 4.80. The first kappa shape index (κ1) is 9.34. The van der Waals surface area contributed by atoms with Crippen LogP contribution in [0.3, 0.4) is 0 Å². The number of hydrogen-bond donors (Lipinski definition) is 3. The molecule has 1 unspecified atom stereocenters. The molecule has 0 spiro atoms. The highest BCUT2D eigenvalue weighted by molar-refractivity contribution is 5.48. The quantitative estimate of drug-likeness (QED) is 0.586. The smallest absolute Gasteiger partial charge is 0.123 e. The van der Waals surface area contributed by atoms with E-state index in [1.165, 1.54) is 6.07 Å². The molecule has 3 nitrogen and oxygen atoms in total. The van der Waals surface area contributed by atoms with Crippen LogP contribution < -0.4 is 0 Å². The topological polar surface area (TPSA) is 60.7 Å². The van der Waals surface area contributed by atoms with Crippen molar-refractivity contribution in [2.75, 3.05) is 0 Å². The molecule has 0 radical (unpaired) electrons. The van der Waals surface area contributed by atoms with Crippen molar-refractivity contribution in [1.29, 1.82) is 0 Å². The average Bonchev–Trinajstić information content (AvgIpc) is 1.99. The zero-order chi connectivity index (χ0) is 10.3. The minimum Gasteiger partial charge on any atom is -0.508 e. The number of aromatic hydroxyl groups is 2. The van der Waals surface area contributed by atoms with Crippen molar-refractivity contribution in [1.82, 2.24) is 0 Å². The van der Waals surface area contributed by atoms with Crippen LogP contribution in [0.1, 0.15) is 30.4 Å². The second-order valence-electron chi connectivity index (χ2n) is 4.03. The summed E-state index contributed by atoms with van der Waals surface area (Å²) in [7, 11) is 0. The molecule has 1 aromatic carbocycles. The molecule has 76 valence electrons. The number of phenols is 2. The van der Waals surface area contributed by atoms with Crippen molar-refractivity contribution in [2.45, 2.75) is 31.8 Å². The first-order chi connectivity index (χ1) is 6.58. The van der Waals surface area contributed by atoms with Crippen LogP contribution in [-0.2, 0) is 6.42 Å². The van der Waals surface area contributed by atoms with Crippen LogP contribution in [0, 0.1) is 0 Å². The Labute approximate surface area is 82.6 Å². The van der Waals surface area contributed by atoms with Gasteiger partial charge < -0.3 is 15.3 Å². The Balaban J connectivity index is 2.53. The van der Waals surface area contributed by atoms with Crippen molar-refractivity contribution < 1.29 is 15.3 Å². The molecule has 0 heterocycles. The third-order valence-electron chi connectivity index (χ3n) is 2.80. The first-order valence-corrected chi connectivity index (χ1v) is 4.80. The minimum absolute atomic E-state index is 0.0579. The van der Waals surface area contributed by atoms with E-state index < -0.39 is 0 Å². The fraction of sp³-hybridized carbons (Fsp3) is 0.455. The van der Waals surface area contributed by atoms with E-state index in [1.54, 1.807) is 6.07 Å². The predicted octanol–water partition coefficient (Wildman–Crippen LogP) is 1.51. The van der Waals surface area contributed by atoms with Gasteiger partial charge in [0, 0.05) is 11.6 Å². The van der Waals surface area contributed by atoms with Gasteiger partial charge in [-0.15, -0.1) is 0 Å². The van der Waals surface area contributed by atoms with E-state index in [0.29, 0.717) is 12.8 Å². The summed E-state index contributed by atoms with van der Waals surface area (Å²) < 4.78 is 0. The summed E-state index contributed by atoms with van der Waals surface area (Å²) in [6.45, 7) is 1.97. The zero-order valence-electron chi connectivity index (χ0n) is 8.07. The van der Waals surface area contributed by atoms with E-state index in [0.717, 1.165) is 11.1 Å². The number of aliphatic hydroxyl groups is 1. The molecular weight excluding hydrogens is 180 g/mol. The highest BCUT2D eigenvalue weighted by Gasteiger charge is 2.25. The van der Waals surface area contributed by atoms with E-state index in [-0.39, 0.29) is 23.5 Å². The highest BCUT2D eigenvalue weighted by atomic mass is 16.3. The summed E-state index contributed by atoms with van der Waals surface area (Å²) in [6.07, 6.45) is 0.825. The second kappa shape index (κ2) is 3.17. The van der Waals surface area contributed by atoms with Gasteiger partial charge in [0.15, 0.2) is 0 Å². The van der Waals surface area contributed by atoms with E-state index in [2.05, 4.69) is 0 Å². The maximum Gasteiger partial charge on any atom is 0.123 e. The van der Waals surface area contributed by atoms with Gasteiger partial charge in [-0.3, -0.25) is 0 Å². The van der Waals surface area contributed by atoms with Gasteiger partial charge in [0.25, 0.3) is 0 Å². The highest BCUT2D eigenvalue weighted by Crippen LogP contribution is 2.39. The third-order valence-corrected chi connectivity index (χ3v) is 2.80. The van der Waals surface area contributed by atoms with Crippen molar-refractivity contribution >= 4 is 0 Å². The molecule has 0 amide bonds. The van der Waals surface area contributed by atoms with Gasteiger partial charge >= 0.3 is 0 Å². The molecule has 3 heteroatoms. The molecule has 1 aliphatic carbocycles. The number of fused-ring (bicyclic) bond motifs is 1. The number of hydrogen-bond acceptors (Lipinski definition) is 3. The maximum atomic E-state index is 9.65. The standard InChI is InChI=1S/C11H14O3/c1-6-2-8(12)3-7-4-9(13)5-10(14)11(6)7/h4-6,8,12-14H,2-3H2,1H3/t6?,8-/m1/s1. The Hall–Kier alpha value is -1.22. The Morgan fingerprint density at radius 1 is 1.29 bits per heavy atom. The van der Waals surface area contributed by atoms with Crippen LogP contribution >= 0.6 is 0 Å². The molecule has 14 heavy (non-hydrogen) atoms. The summed E-state index contributed by atoms with van der Waals surface area (Å²) in [5, 5.41) is 28.5. The monoisotopic (exact) mass is 194 g/mol. The zero-order valence-corrected chi connectivity index (χ0v) is 8.07. The lowest BCUT2D eigenvalue weighted by Crippen LogP contribution is -2.21. The van der Waals surface area contributed by atoms with E-state index in [1.807, 2.05) is 6.92 Å². The number of benzene rings is 1. The van der Waals surface area contributed by atoms with Crippen molar-refractivity contribution in [3.63, 3.8) is 0 Å². The Bertz CT molecular complexity index is 360. The molecule has 0 aromatic heterocycles. The lowest BCUT2D eigenvalue weighted by Gasteiger charge is -2.27. The Morgan fingerprint density at radius 2 is 2.00 bits per heavy atom. The molecule has 1 aliphatic rings.